The zero-order chi connectivity index (χ0) is 19.5. The molecule has 1 heterocycles. The first-order chi connectivity index (χ1) is 13.6. The van der Waals surface area contributed by atoms with Crippen molar-refractivity contribution < 1.29 is 4.39 Å². The van der Waals surface area contributed by atoms with Gasteiger partial charge < -0.3 is 10.3 Å². The third kappa shape index (κ3) is 4.07. The molecule has 0 aliphatic rings. The van der Waals surface area contributed by atoms with E-state index in [1.165, 1.54) is 12.1 Å². The van der Waals surface area contributed by atoms with E-state index in [2.05, 4.69) is 15.3 Å². The lowest BCUT2D eigenvalue weighted by molar-refractivity contribution is 0.626. The molecule has 2 N–H and O–H groups in total. The number of nitrogens with one attached hydrogen (secondary N) is 2. The zero-order valence-corrected chi connectivity index (χ0v) is 16.1. The van der Waals surface area contributed by atoms with Gasteiger partial charge in [0.1, 0.15) is 11.6 Å². The van der Waals surface area contributed by atoms with Crippen LogP contribution in [-0.2, 0) is 6.54 Å². The van der Waals surface area contributed by atoms with Crippen molar-refractivity contribution in [2.24, 2.45) is 0 Å². The van der Waals surface area contributed by atoms with Gasteiger partial charge in [0.2, 0.25) is 0 Å². The molecule has 0 saturated heterocycles. The predicted octanol–water partition coefficient (Wildman–Crippen LogP) is 6.46. The summed E-state index contributed by atoms with van der Waals surface area (Å²) < 4.78 is 13.3. The van der Waals surface area contributed by atoms with Gasteiger partial charge in [0.05, 0.1) is 11.9 Å². The molecule has 5 heteroatoms. The molecule has 3 aromatic carbocycles. The van der Waals surface area contributed by atoms with Crippen LogP contribution in [0.1, 0.15) is 11.1 Å². The van der Waals surface area contributed by atoms with Gasteiger partial charge in [-0.15, -0.1) is 0 Å². The molecule has 1 aromatic heterocycles. The number of nitrogens with zero attached hydrogens (tertiary/aromatic N) is 1. The van der Waals surface area contributed by atoms with E-state index in [0.29, 0.717) is 6.54 Å². The minimum atomic E-state index is -0.223. The molecule has 4 rings (SSSR count). The van der Waals surface area contributed by atoms with Crippen LogP contribution in [0.25, 0.3) is 22.6 Å². The van der Waals surface area contributed by atoms with Crippen LogP contribution < -0.4 is 5.32 Å². The van der Waals surface area contributed by atoms with Crippen LogP contribution in [0.3, 0.4) is 0 Å². The van der Waals surface area contributed by atoms with Gasteiger partial charge in [-0.3, -0.25) is 0 Å². The predicted molar refractivity (Wildman–Crippen MR) is 113 cm³/mol. The van der Waals surface area contributed by atoms with Crippen LogP contribution in [0.15, 0.2) is 72.9 Å². The van der Waals surface area contributed by atoms with E-state index < -0.39 is 0 Å². The number of H-pyrrole nitrogens is 1. The number of hydrogen-bond acceptors (Lipinski definition) is 2. The molecule has 0 unspecified atom stereocenters. The molecule has 0 aliphatic carbocycles. The Morgan fingerprint density at radius 3 is 2.61 bits per heavy atom. The highest BCUT2D eigenvalue weighted by Gasteiger charge is 2.08. The standard InChI is InChI=1S/C23H19ClFN3/c1-15-11-18(24)7-10-21(15)22-14-27-23(28-22)17-5-8-20(9-6-17)26-13-16-3-2-4-19(25)12-16/h2-12,14,26H,13H2,1H3,(H,27,28). The largest absolute Gasteiger partial charge is 0.381 e. The van der Waals surface area contributed by atoms with Crippen molar-refractivity contribution in [1.29, 1.82) is 0 Å². The highest BCUT2D eigenvalue weighted by Crippen LogP contribution is 2.27. The van der Waals surface area contributed by atoms with E-state index in [1.807, 2.05) is 61.7 Å². The first-order valence-electron chi connectivity index (χ1n) is 8.99. The van der Waals surface area contributed by atoms with Gasteiger partial charge in [-0.05, 0) is 66.6 Å². The second-order valence-corrected chi connectivity index (χ2v) is 7.10. The molecule has 0 saturated carbocycles. The SMILES string of the molecule is Cc1cc(Cl)ccc1-c1cnc(-c2ccc(NCc3cccc(F)c3)cc2)[nH]1. The highest BCUT2D eigenvalue weighted by atomic mass is 35.5. The molecule has 0 aliphatic heterocycles. The number of aromatic amines is 1. The van der Waals surface area contributed by atoms with Crippen molar-refractivity contribution in [2.45, 2.75) is 13.5 Å². The van der Waals surface area contributed by atoms with Crippen molar-refractivity contribution >= 4 is 17.3 Å². The van der Waals surface area contributed by atoms with Gasteiger partial charge in [-0.1, -0.05) is 29.8 Å². The summed E-state index contributed by atoms with van der Waals surface area (Å²) >= 11 is 6.04. The van der Waals surface area contributed by atoms with E-state index in [0.717, 1.165) is 44.5 Å². The number of imidazole rings is 1. The van der Waals surface area contributed by atoms with Gasteiger partial charge in [0, 0.05) is 28.4 Å². The lowest BCUT2D eigenvalue weighted by atomic mass is 10.1. The fraction of sp³-hybridized carbons (Fsp3) is 0.0870. The summed E-state index contributed by atoms with van der Waals surface area (Å²) in [5.74, 6) is 0.584. The lowest BCUT2D eigenvalue weighted by Gasteiger charge is -2.07. The van der Waals surface area contributed by atoms with Gasteiger partial charge in [-0.25, -0.2) is 9.37 Å². The number of benzene rings is 3. The molecular formula is C23H19ClFN3. The van der Waals surface area contributed by atoms with E-state index in [9.17, 15) is 4.39 Å². The minimum Gasteiger partial charge on any atom is -0.381 e. The second-order valence-electron chi connectivity index (χ2n) is 6.67. The Hall–Kier alpha value is -3.11. The van der Waals surface area contributed by atoms with Crippen molar-refractivity contribution in [2.75, 3.05) is 5.32 Å². The average molecular weight is 392 g/mol. The van der Waals surface area contributed by atoms with E-state index in [1.54, 1.807) is 6.07 Å². The maximum Gasteiger partial charge on any atom is 0.137 e. The van der Waals surface area contributed by atoms with Crippen LogP contribution in [0.4, 0.5) is 10.1 Å². The van der Waals surface area contributed by atoms with Crippen LogP contribution in [-0.4, -0.2) is 9.97 Å². The summed E-state index contributed by atoms with van der Waals surface area (Å²) in [4.78, 5) is 7.88. The Bertz CT molecular complexity index is 1100. The monoisotopic (exact) mass is 391 g/mol. The highest BCUT2D eigenvalue weighted by molar-refractivity contribution is 6.30. The summed E-state index contributed by atoms with van der Waals surface area (Å²) in [5, 5.41) is 4.03. The van der Waals surface area contributed by atoms with Gasteiger partial charge in [-0.2, -0.15) is 0 Å². The van der Waals surface area contributed by atoms with Crippen molar-refractivity contribution in [3.05, 3.63) is 94.9 Å². The molecule has 28 heavy (non-hydrogen) atoms. The number of halogens is 2. The summed E-state index contributed by atoms with van der Waals surface area (Å²) in [6.07, 6.45) is 1.84. The zero-order valence-electron chi connectivity index (χ0n) is 15.3. The fourth-order valence-electron chi connectivity index (χ4n) is 3.13. The normalized spacial score (nSPS) is 10.8. The van der Waals surface area contributed by atoms with Crippen molar-refractivity contribution in [3.63, 3.8) is 0 Å². The molecule has 0 fully saturated rings. The van der Waals surface area contributed by atoms with Crippen LogP contribution >= 0.6 is 11.6 Å². The van der Waals surface area contributed by atoms with Crippen molar-refractivity contribution in [1.82, 2.24) is 9.97 Å². The molecule has 3 nitrogen and oxygen atoms in total. The van der Waals surface area contributed by atoms with Gasteiger partial charge in [0.25, 0.3) is 0 Å². The Labute approximate surface area is 168 Å². The Morgan fingerprint density at radius 2 is 1.86 bits per heavy atom. The van der Waals surface area contributed by atoms with Gasteiger partial charge >= 0.3 is 0 Å². The Morgan fingerprint density at radius 1 is 1.04 bits per heavy atom. The third-order valence-electron chi connectivity index (χ3n) is 4.60. The summed E-state index contributed by atoms with van der Waals surface area (Å²) in [6.45, 7) is 2.60. The molecule has 4 aromatic rings. The van der Waals surface area contributed by atoms with E-state index in [-0.39, 0.29) is 5.82 Å². The number of rotatable bonds is 5. The molecule has 0 atom stereocenters. The van der Waals surface area contributed by atoms with Crippen LogP contribution in [0.2, 0.25) is 5.02 Å². The first kappa shape index (κ1) is 18.3. The number of aryl methyl sites for hydroxylation is 1. The topological polar surface area (TPSA) is 40.7 Å². The third-order valence-corrected chi connectivity index (χ3v) is 4.83. The molecule has 0 radical (unpaired) electrons. The summed E-state index contributed by atoms with van der Waals surface area (Å²) in [6, 6.07) is 20.4. The average Bonchev–Trinajstić information content (AvgIpc) is 3.17. The molecule has 0 amide bonds. The molecule has 0 spiro atoms. The van der Waals surface area contributed by atoms with Crippen molar-refractivity contribution in [3.8, 4) is 22.6 Å². The van der Waals surface area contributed by atoms with Crippen LogP contribution in [0.5, 0.6) is 0 Å². The Balaban J connectivity index is 1.47. The molecule has 0 bridgehead atoms. The number of anilines is 1. The summed E-state index contributed by atoms with van der Waals surface area (Å²) in [5.41, 5.74) is 5.99. The smallest absolute Gasteiger partial charge is 0.137 e. The maximum absolute atomic E-state index is 13.3. The lowest BCUT2D eigenvalue weighted by Crippen LogP contribution is -1.99. The number of hydrogen-bond donors (Lipinski definition) is 2. The van der Waals surface area contributed by atoms with Crippen LogP contribution in [0, 0.1) is 12.7 Å². The first-order valence-corrected chi connectivity index (χ1v) is 9.36. The quantitative estimate of drug-likeness (QED) is 0.410. The molecular weight excluding hydrogens is 373 g/mol. The fourth-order valence-corrected chi connectivity index (χ4v) is 3.36. The van der Waals surface area contributed by atoms with E-state index >= 15 is 0 Å². The maximum atomic E-state index is 13.3. The second kappa shape index (κ2) is 7.87. The minimum absolute atomic E-state index is 0.223. The Kier molecular flexibility index (Phi) is 5.13. The molecule has 140 valence electrons. The van der Waals surface area contributed by atoms with Gasteiger partial charge in [0.15, 0.2) is 0 Å². The summed E-state index contributed by atoms with van der Waals surface area (Å²) in [7, 11) is 0. The number of aromatic nitrogens is 2. The van der Waals surface area contributed by atoms with E-state index in [4.69, 9.17) is 11.6 Å².